The second-order valence-electron chi connectivity index (χ2n) is 6.21. The maximum absolute atomic E-state index is 11.6. The summed E-state index contributed by atoms with van der Waals surface area (Å²) in [5.41, 5.74) is 1.57. The lowest BCUT2D eigenvalue weighted by Gasteiger charge is -2.17. The SMILES string of the molecule is CC(C)(C)OC(=O)/C=C\c1ccc(OCc2ccccc2)cc1. The molecule has 0 spiro atoms. The smallest absolute Gasteiger partial charge is 0.331 e. The van der Waals surface area contributed by atoms with Crippen molar-refractivity contribution in [2.75, 3.05) is 0 Å². The molecule has 2 aromatic carbocycles. The van der Waals surface area contributed by atoms with Crippen LogP contribution in [0.2, 0.25) is 0 Å². The van der Waals surface area contributed by atoms with Gasteiger partial charge in [0.15, 0.2) is 0 Å². The zero-order valence-electron chi connectivity index (χ0n) is 13.8. The Hall–Kier alpha value is -2.55. The van der Waals surface area contributed by atoms with Gasteiger partial charge in [-0.2, -0.15) is 0 Å². The highest BCUT2D eigenvalue weighted by Gasteiger charge is 2.13. The lowest BCUT2D eigenvalue weighted by molar-refractivity contribution is -0.148. The minimum Gasteiger partial charge on any atom is -0.489 e. The van der Waals surface area contributed by atoms with Gasteiger partial charge in [0.1, 0.15) is 18.0 Å². The number of carbonyl (C=O) groups is 1. The van der Waals surface area contributed by atoms with E-state index in [1.165, 1.54) is 6.08 Å². The molecule has 3 nitrogen and oxygen atoms in total. The standard InChI is InChI=1S/C20H22O3/c1-20(2,3)23-19(21)14-11-16-9-12-18(13-10-16)22-15-17-7-5-4-6-8-17/h4-14H,15H2,1-3H3/b14-11-. The third-order valence-electron chi connectivity index (χ3n) is 2.95. The van der Waals surface area contributed by atoms with Crippen LogP contribution < -0.4 is 4.74 Å². The molecule has 0 aliphatic carbocycles. The molecule has 120 valence electrons. The molecule has 2 aromatic rings. The van der Waals surface area contributed by atoms with E-state index in [4.69, 9.17) is 9.47 Å². The van der Waals surface area contributed by atoms with Gasteiger partial charge >= 0.3 is 5.97 Å². The van der Waals surface area contributed by atoms with Gasteiger partial charge in [-0.3, -0.25) is 0 Å². The molecular weight excluding hydrogens is 288 g/mol. The maximum Gasteiger partial charge on any atom is 0.331 e. The number of benzene rings is 2. The topological polar surface area (TPSA) is 35.5 Å². The van der Waals surface area contributed by atoms with E-state index in [2.05, 4.69) is 0 Å². The minimum absolute atomic E-state index is 0.345. The van der Waals surface area contributed by atoms with Crippen LogP contribution in [0.1, 0.15) is 31.9 Å². The molecule has 0 fully saturated rings. The predicted molar refractivity (Wildman–Crippen MR) is 92.1 cm³/mol. The first-order valence-corrected chi connectivity index (χ1v) is 7.60. The minimum atomic E-state index is -0.476. The summed E-state index contributed by atoms with van der Waals surface area (Å²) in [6, 6.07) is 17.6. The number of rotatable bonds is 5. The van der Waals surface area contributed by atoms with Gasteiger partial charge in [0.2, 0.25) is 0 Å². The van der Waals surface area contributed by atoms with Gasteiger partial charge in [0.25, 0.3) is 0 Å². The lowest BCUT2D eigenvalue weighted by Crippen LogP contribution is -2.22. The molecular formula is C20H22O3. The number of hydrogen-bond acceptors (Lipinski definition) is 3. The largest absolute Gasteiger partial charge is 0.489 e. The van der Waals surface area contributed by atoms with Crippen molar-refractivity contribution in [2.24, 2.45) is 0 Å². The van der Waals surface area contributed by atoms with Crippen molar-refractivity contribution in [2.45, 2.75) is 33.0 Å². The summed E-state index contributed by atoms with van der Waals surface area (Å²) < 4.78 is 10.9. The van der Waals surface area contributed by atoms with Crippen LogP contribution in [-0.2, 0) is 16.1 Å². The quantitative estimate of drug-likeness (QED) is 0.597. The third kappa shape index (κ3) is 6.39. The van der Waals surface area contributed by atoms with E-state index in [1.807, 2.05) is 75.4 Å². The Morgan fingerprint density at radius 2 is 1.65 bits per heavy atom. The lowest BCUT2D eigenvalue weighted by atomic mass is 10.2. The summed E-state index contributed by atoms with van der Waals surface area (Å²) in [5, 5.41) is 0. The Balaban J connectivity index is 1.88. The van der Waals surface area contributed by atoms with Crippen LogP contribution in [0, 0.1) is 0 Å². The summed E-state index contributed by atoms with van der Waals surface area (Å²) in [6.45, 7) is 6.07. The highest BCUT2D eigenvalue weighted by atomic mass is 16.6. The molecule has 0 amide bonds. The average Bonchev–Trinajstić information content (AvgIpc) is 2.51. The van der Waals surface area contributed by atoms with Crippen molar-refractivity contribution < 1.29 is 14.3 Å². The zero-order valence-corrected chi connectivity index (χ0v) is 13.8. The first-order valence-electron chi connectivity index (χ1n) is 7.60. The van der Waals surface area contributed by atoms with Gasteiger partial charge in [-0.25, -0.2) is 4.79 Å². The molecule has 0 aliphatic heterocycles. The van der Waals surface area contributed by atoms with E-state index >= 15 is 0 Å². The normalized spacial score (nSPS) is 11.4. The third-order valence-corrected chi connectivity index (χ3v) is 2.95. The number of esters is 1. The second-order valence-corrected chi connectivity index (χ2v) is 6.21. The Morgan fingerprint density at radius 1 is 1.00 bits per heavy atom. The fourth-order valence-electron chi connectivity index (χ4n) is 1.92. The Bertz CT molecular complexity index is 650. The number of ether oxygens (including phenoxy) is 2. The van der Waals surface area contributed by atoms with Crippen LogP contribution in [0.5, 0.6) is 5.75 Å². The molecule has 0 N–H and O–H groups in total. The molecule has 0 aromatic heterocycles. The fraction of sp³-hybridized carbons (Fsp3) is 0.250. The van der Waals surface area contributed by atoms with Crippen molar-refractivity contribution in [3.8, 4) is 5.75 Å². The summed E-state index contributed by atoms with van der Waals surface area (Å²) in [7, 11) is 0. The average molecular weight is 310 g/mol. The Labute approximate surface area is 137 Å². The van der Waals surface area contributed by atoms with E-state index in [1.54, 1.807) is 6.08 Å². The molecule has 0 unspecified atom stereocenters. The van der Waals surface area contributed by atoms with Crippen LogP contribution in [0.25, 0.3) is 6.08 Å². The van der Waals surface area contributed by atoms with E-state index < -0.39 is 5.60 Å². The molecule has 23 heavy (non-hydrogen) atoms. The van der Waals surface area contributed by atoms with Crippen molar-refractivity contribution in [1.29, 1.82) is 0 Å². The molecule has 0 atom stereocenters. The molecule has 0 saturated carbocycles. The summed E-state index contributed by atoms with van der Waals surface area (Å²) >= 11 is 0. The number of hydrogen-bond donors (Lipinski definition) is 0. The Kier molecular flexibility index (Phi) is 5.58. The van der Waals surface area contributed by atoms with E-state index in [-0.39, 0.29) is 5.97 Å². The van der Waals surface area contributed by atoms with Crippen LogP contribution in [0.4, 0.5) is 0 Å². The summed E-state index contributed by atoms with van der Waals surface area (Å²) in [6.07, 6.45) is 3.17. The molecule has 2 rings (SSSR count). The van der Waals surface area contributed by atoms with Gasteiger partial charge in [-0.1, -0.05) is 42.5 Å². The molecule has 0 radical (unpaired) electrons. The predicted octanol–water partition coefficient (Wildman–Crippen LogP) is 4.62. The van der Waals surface area contributed by atoms with E-state index in [0.29, 0.717) is 6.61 Å². The van der Waals surface area contributed by atoms with Crippen LogP contribution in [0.15, 0.2) is 60.7 Å². The second kappa shape index (κ2) is 7.63. The van der Waals surface area contributed by atoms with Crippen molar-refractivity contribution in [1.82, 2.24) is 0 Å². The fourth-order valence-corrected chi connectivity index (χ4v) is 1.92. The van der Waals surface area contributed by atoms with Gasteiger partial charge in [0, 0.05) is 6.08 Å². The van der Waals surface area contributed by atoms with Gasteiger partial charge in [-0.05, 0) is 50.1 Å². The highest BCUT2D eigenvalue weighted by molar-refractivity contribution is 5.87. The summed E-state index contributed by atoms with van der Waals surface area (Å²) in [4.78, 5) is 11.6. The Morgan fingerprint density at radius 3 is 2.26 bits per heavy atom. The molecule has 0 heterocycles. The van der Waals surface area contributed by atoms with Crippen LogP contribution in [-0.4, -0.2) is 11.6 Å². The van der Waals surface area contributed by atoms with E-state index in [9.17, 15) is 4.79 Å². The van der Waals surface area contributed by atoms with E-state index in [0.717, 1.165) is 16.9 Å². The molecule has 0 bridgehead atoms. The molecule has 3 heteroatoms. The zero-order chi connectivity index (χ0) is 16.7. The van der Waals surface area contributed by atoms with Crippen molar-refractivity contribution in [3.05, 3.63) is 71.8 Å². The van der Waals surface area contributed by atoms with Gasteiger partial charge in [-0.15, -0.1) is 0 Å². The monoisotopic (exact) mass is 310 g/mol. The van der Waals surface area contributed by atoms with Gasteiger partial charge < -0.3 is 9.47 Å². The van der Waals surface area contributed by atoms with Gasteiger partial charge in [0.05, 0.1) is 0 Å². The summed E-state index contributed by atoms with van der Waals surface area (Å²) in [5.74, 6) is 0.449. The number of carbonyl (C=O) groups excluding carboxylic acids is 1. The molecule has 0 aliphatic rings. The van der Waals surface area contributed by atoms with Crippen LogP contribution >= 0.6 is 0 Å². The van der Waals surface area contributed by atoms with Crippen molar-refractivity contribution >= 4 is 12.0 Å². The van der Waals surface area contributed by atoms with Crippen LogP contribution in [0.3, 0.4) is 0 Å². The first-order chi connectivity index (χ1) is 10.9. The first kappa shape index (κ1) is 16.8. The highest BCUT2D eigenvalue weighted by Crippen LogP contribution is 2.15. The van der Waals surface area contributed by atoms with Crippen molar-refractivity contribution in [3.63, 3.8) is 0 Å². The molecule has 0 saturated heterocycles. The maximum atomic E-state index is 11.6.